The second kappa shape index (κ2) is 6.43. The third kappa shape index (κ3) is 3.38. The molecule has 124 valence electrons. The molecule has 0 atom stereocenters. The van der Waals surface area contributed by atoms with Gasteiger partial charge in [0.1, 0.15) is 12.1 Å². The van der Waals surface area contributed by atoms with E-state index >= 15 is 0 Å². The van der Waals surface area contributed by atoms with Gasteiger partial charge >= 0.3 is 0 Å². The monoisotopic (exact) mass is 385 g/mol. The highest BCUT2D eigenvalue weighted by Crippen LogP contribution is 2.25. The molecule has 1 aromatic heterocycles. The minimum atomic E-state index is -3.87. The first-order valence-electron chi connectivity index (χ1n) is 6.64. The number of benzene rings is 2. The topological polar surface area (TPSA) is 64.0 Å². The van der Waals surface area contributed by atoms with E-state index in [1.807, 2.05) is 0 Å². The van der Waals surface area contributed by atoms with Gasteiger partial charge in [-0.3, -0.25) is 9.29 Å². The maximum atomic E-state index is 13.2. The summed E-state index contributed by atoms with van der Waals surface area (Å²) in [6, 6.07) is 11.2. The lowest BCUT2D eigenvalue weighted by molar-refractivity contribution is 0.595. The summed E-state index contributed by atoms with van der Waals surface area (Å²) in [4.78, 5) is 3.72. The van der Waals surface area contributed by atoms with Crippen molar-refractivity contribution in [2.24, 2.45) is 0 Å². The number of sulfonamides is 1. The number of halogens is 3. The van der Waals surface area contributed by atoms with Gasteiger partial charge in [-0.2, -0.15) is 0 Å². The number of hydrogen-bond acceptors (Lipinski definition) is 3. The molecule has 0 amide bonds. The van der Waals surface area contributed by atoms with Gasteiger partial charge in [0.25, 0.3) is 10.0 Å². The van der Waals surface area contributed by atoms with Gasteiger partial charge in [-0.15, -0.1) is 0 Å². The van der Waals surface area contributed by atoms with Crippen molar-refractivity contribution in [1.82, 2.24) is 9.55 Å². The van der Waals surface area contributed by atoms with Crippen LogP contribution in [0.15, 0.2) is 59.8 Å². The van der Waals surface area contributed by atoms with Crippen LogP contribution in [0.1, 0.15) is 0 Å². The van der Waals surface area contributed by atoms with Crippen molar-refractivity contribution in [2.45, 2.75) is 4.90 Å². The fraction of sp³-hybridized carbons (Fsp3) is 0. The number of anilines is 1. The number of hydrogen-bond donors (Lipinski definition) is 1. The molecule has 24 heavy (non-hydrogen) atoms. The fourth-order valence-corrected chi connectivity index (χ4v) is 3.44. The van der Waals surface area contributed by atoms with Crippen LogP contribution >= 0.6 is 23.2 Å². The van der Waals surface area contributed by atoms with Crippen LogP contribution in [0.25, 0.3) is 5.69 Å². The maximum absolute atomic E-state index is 13.2. The molecule has 2 aromatic carbocycles. The van der Waals surface area contributed by atoms with E-state index in [1.165, 1.54) is 24.5 Å². The summed E-state index contributed by atoms with van der Waals surface area (Å²) in [6.45, 7) is 0. The van der Waals surface area contributed by atoms with E-state index in [-0.39, 0.29) is 15.2 Å². The highest BCUT2D eigenvalue weighted by Gasteiger charge is 2.15. The van der Waals surface area contributed by atoms with Crippen molar-refractivity contribution in [3.63, 3.8) is 0 Å². The minimum Gasteiger partial charge on any atom is -0.288 e. The van der Waals surface area contributed by atoms with Crippen molar-refractivity contribution in [3.8, 4) is 5.69 Å². The van der Waals surface area contributed by atoms with Crippen molar-refractivity contribution in [2.75, 3.05) is 4.72 Å². The summed E-state index contributed by atoms with van der Waals surface area (Å²) in [5.41, 5.74) is 0.985. The molecule has 0 radical (unpaired) electrons. The van der Waals surface area contributed by atoms with Gasteiger partial charge in [0.05, 0.1) is 4.90 Å². The first kappa shape index (κ1) is 16.8. The molecule has 0 bridgehead atoms. The molecule has 0 saturated heterocycles. The Kier molecular flexibility index (Phi) is 4.49. The highest BCUT2D eigenvalue weighted by atomic mass is 35.5. The van der Waals surface area contributed by atoms with E-state index in [4.69, 9.17) is 23.2 Å². The van der Waals surface area contributed by atoms with E-state index < -0.39 is 15.8 Å². The van der Waals surface area contributed by atoms with Gasteiger partial charge in [-0.1, -0.05) is 29.3 Å². The maximum Gasteiger partial charge on any atom is 0.261 e. The lowest BCUT2D eigenvalue weighted by Crippen LogP contribution is -2.13. The molecular formula is C15H10Cl2FN3O2S. The van der Waals surface area contributed by atoms with E-state index in [9.17, 15) is 12.8 Å². The smallest absolute Gasteiger partial charge is 0.261 e. The molecule has 0 spiro atoms. The predicted octanol–water partition coefficient (Wildman–Crippen LogP) is 4.12. The van der Waals surface area contributed by atoms with E-state index in [1.54, 1.807) is 28.8 Å². The molecule has 0 saturated carbocycles. The molecule has 1 N–H and O–H groups in total. The zero-order chi connectivity index (χ0) is 17.3. The largest absolute Gasteiger partial charge is 0.288 e. The molecule has 0 unspecified atom stereocenters. The zero-order valence-electron chi connectivity index (χ0n) is 11.9. The normalized spacial score (nSPS) is 11.5. The molecule has 0 fully saturated rings. The third-order valence-electron chi connectivity index (χ3n) is 3.17. The zero-order valence-corrected chi connectivity index (χ0v) is 14.3. The van der Waals surface area contributed by atoms with E-state index in [0.717, 1.165) is 6.07 Å². The number of nitrogens with one attached hydrogen (secondary N) is 1. The van der Waals surface area contributed by atoms with Crippen molar-refractivity contribution < 1.29 is 12.8 Å². The summed E-state index contributed by atoms with van der Waals surface area (Å²) in [6.07, 6.45) is 1.45. The second-order valence-electron chi connectivity index (χ2n) is 4.81. The molecule has 5 nitrogen and oxygen atoms in total. The second-order valence-corrected chi connectivity index (χ2v) is 7.20. The van der Waals surface area contributed by atoms with Gasteiger partial charge in [-0.25, -0.2) is 17.8 Å². The van der Waals surface area contributed by atoms with Crippen LogP contribution < -0.4 is 4.72 Å². The van der Waals surface area contributed by atoms with Crippen molar-refractivity contribution in [3.05, 3.63) is 71.0 Å². The average molecular weight is 386 g/mol. The molecule has 3 rings (SSSR count). The van der Waals surface area contributed by atoms with Gasteiger partial charge in [-0.05, 0) is 42.5 Å². The average Bonchev–Trinajstić information content (AvgIpc) is 2.88. The Balaban J connectivity index is 1.85. The minimum absolute atomic E-state index is 0.156. The number of rotatable bonds is 4. The van der Waals surface area contributed by atoms with Gasteiger partial charge in [0, 0.05) is 11.4 Å². The van der Waals surface area contributed by atoms with Gasteiger partial charge in [0.15, 0.2) is 10.3 Å². The molecular weight excluding hydrogens is 376 g/mol. The van der Waals surface area contributed by atoms with Crippen LogP contribution in [-0.4, -0.2) is 18.0 Å². The van der Waals surface area contributed by atoms with Crippen LogP contribution in [0.5, 0.6) is 0 Å². The molecule has 3 aromatic rings. The Labute approximate surface area is 147 Å². The third-order valence-corrected chi connectivity index (χ3v) is 5.29. The lowest BCUT2D eigenvalue weighted by atomic mass is 10.3. The van der Waals surface area contributed by atoms with Crippen LogP contribution in [-0.2, 0) is 10.0 Å². The number of nitrogens with zero attached hydrogens (tertiary/aromatic N) is 2. The molecule has 1 heterocycles. The van der Waals surface area contributed by atoms with Crippen molar-refractivity contribution in [1.29, 1.82) is 0 Å². The Bertz CT molecular complexity index is 988. The Hall–Kier alpha value is -2.09. The summed E-state index contributed by atoms with van der Waals surface area (Å²) in [7, 11) is -3.87. The van der Waals surface area contributed by atoms with E-state index in [0.29, 0.717) is 11.4 Å². The van der Waals surface area contributed by atoms with Gasteiger partial charge < -0.3 is 0 Å². The Morgan fingerprint density at radius 1 is 1.08 bits per heavy atom. The first-order chi connectivity index (χ1) is 11.4. The van der Waals surface area contributed by atoms with Crippen LogP contribution in [0.2, 0.25) is 10.3 Å². The number of aromatic nitrogens is 2. The molecule has 0 aliphatic carbocycles. The number of imidazole rings is 1. The van der Waals surface area contributed by atoms with Crippen molar-refractivity contribution >= 4 is 38.9 Å². The van der Waals surface area contributed by atoms with E-state index in [2.05, 4.69) is 9.71 Å². The van der Waals surface area contributed by atoms with Gasteiger partial charge in [0.2, 0.25) is 0 Å². The summed E-state index contributed by atoms with van der Waals surface area (Å²) >= 11 is 11.8. The highest BCUT2D eigenvalue weighted by molar-refractivity contribution is 7.92. The Morgan fingerprint density at radius 3 is 2.38 bits per heavy atom. The lowest BCUT2D eigenvalue weighted by Gasteiger charge is -2.09. The Morgan fingerprint density at radius 2 is 1.79 bits per heavy atom. The summed E-state index contributed by atoms with van der Waals surface area (Å²) in [5.74, 6) is -0.625. The molecule has 0 aliphatic rings. The molecule has 0 aliphatic heterocycles. The SMILES string of the molecule is O=S(=O)(Nc1ccc(-n2cnc(Cl)c2Cl)cc1)c1cccc(F)c1. The fourth-order valence-electron chi connectivity index (χ4n) is 2.03. The molecule has 9 heteroatoms. The van der Waals surface area contributed by atoms with Crippen LogP contribution in [0, 0.1) is 5.82 Å². The summed E-state index contributed by atoms with van der Waals surface area (Å²) < 4.78 is 41.6. The predicted molar refractivity (Wildman–Crippen MR) is 90.8 cm³/mol. The standard InChI is InChI=1S/C15H10Cl2FN3O2S/c16-14-15(17)21(9-19-14)12-6-4-11(5-7-12)20-24(22,23)13-3-1-2-10(18)8-13/h1-9,20H. The quantitative estimate of drug-likeness (QED) is 0.734. The van der Waals surface area contributed by atoms with Crippen LogP contribution in [0.4, 0.5) is 10.1 Å². The first-order valence-corrected chi connectivity index (χ1v) is 8.88. The summed E-state index contributed by atoms with van der Waals surface area (Å²) in [5, 5.41) is 0.428. The van der Waals surface area contributed by atoms with Crippen LogP contribution in [0.3, 0.4) is 0 Å².